The highest BCUT2D eigenvalue weighted by molar-refractivity contribution is 7.99. The van der Waals surface area contributed by atoms with Crippen LogP contribution in [0.25, 0.3) is 0 Å². The molecule has 0 radical (unpaired) electrons. The quantitative estimate of drug-likeness (QED) is 0.471. The average molecular weight is 384 g/mol. The van der Waals surface area contributed by atoms with Gasteiger partial charge in [-0.15, -0.1) is 11.8 Å². The Kier molecular flexibility index (Phi) is 6.98. The van der Waals surface area contributed by atoms with Gasteiger partial charge in [0.25, 0.3) is 0 Å². The first-order valence-corrected chi connectivity index (χ1v) is 10.4. The van der Waals surface area contributed by atoms with Crippen LogP contribution in [0.4, 0.5) is 5.82 Å². The molecule has 1 N–H and O–H groups in total. The fourth-order valence-corrected chi connectivity index (χ4v) is 4.27. The third-order valence-electron chi connectivity index (χ3n) is 4.74. The first kappa shape index (κ1) is 19.5. The van der Waals surface area contributed by atoms with Crippen LogP contribution in [-0.2, 0) is 6.54 Å². The van der Waals surface area contributed by atoms with Gasteiger partial charge in [0.15, 0.2) is 5.96 Å². The van der Waals surface area contributed by atoms with Gasteiger partial charge < -0.3 is 15.1 Å². The summed E-state index contributed by atoms with van der Waals surface area (Å²) in [5, 5.41) is 3.51. The van der Waals surface area contributed by atoms with Crippen LogP contribution in [0.5, 0.6) is 0 Å². The van der Waals surface area contributed by atoms with Crippen molar-refractivity contribution in [3.8, 4) is 0 Å². The van der Waals surface area contributed by atoms with Crippen molar-refractivity contribution in [1.29, 1.82) is 0 Å². The number of aromatic nitrogens is 1. The molecule has 0 amide bonds. The lowest BCUT2D eigenvalue weighted by Crippen LogP contribution is -2.39. The van der Waals surface area contributed by atoms with E-state index in [-0.39, 0.29) is 0 Å². The number of anilines is 1. The Labute approximate surface area is 166 Å². The number of hydrogen-bond acceptors (Lipinski definition) is 4. The topological polar surface area (TPSA) is 43.8 Å². The van der Waals surface area contributed by atoms with E-state index in [1.165, 1.54) is 16.9 Å². The summed E-state index contributed by atoms with van der Waals surface area (Å²) in [6.45, 7) is 2.90. The number of benzene rings is 1. The van der Waals surface area contributed by atoms with Crippen LogP contribution >= 0.6 is 11.8 Å². The summed E-state index contributed by atoms with van der Waals surface area (Å²) < 4.78 is 0. The average Bonchev–Trinajstić information content (AvgIpc) is 3.17. The Morgan fingerprint density at radius 3 is 2.85 bits per heavy atom. The van der Waals surface area contributed by atoms with Gasteiger partial charge in [-0.1, -0.05) is 18.2 Å². The lowest BCUT2D eigenvalue weighted by Gasteiger charge is -2.22. The third-order valence-corrected chi connectivity index (χ3v) is 5.99. The summed E-state index contributed by atoms with van der Waals surface area (Å²) in [5.74, 6) is 3.83. The van der Waals surface area contributed by atoms with E-state index < -0.39 is 0 Å². The molecule has 2 aromatic rings. The number of pyridine rings is 1. The van der Waals surface area contributed by atoms with E-state index in [0.717, 1.165) is 37.2 Å². The van der Waals surface area contributed by atoms with Gasteiger partial charge in [0.05, 0.1) is 0 Å². The molecule has 0 spiro atoms. The number of likely N-dealkylation sites (tertiary alicyclic amines) is 1. The van der Waals surface area contributed by atoms with Crippen LogP contribution < -0.4 is 10.2 Å². The zero-order valence-electron chi connectivity index (χ0n) is 16.4. The summed E-state index contributed by atoms with van der Waals surface area (Å²) in [7, 11) is 5.89. The second-order valence-electron chi connectivity index (χ2n) is 7.04. The van der Waals surface area contributed by atoms with Crippen molar-refractivity contribution in [3.63, 3.8) is 0 Å². The van der Waals surface area contributed by atoms with Crippen molar-refractivity contribution >= 4 is 23.5 Å². The number of nitrogens with zero attached hydrogens (tertiary/aromatic N) is 4. The lowest BCUT2D eigenvalue weighted by molar-refractivity contribution is 0.474. The van der Waals surface area contributed by atoms with Crippen LogP contribution in [0.1, 0.15) is 12.0 Å². The van der Waals surface area contributed by atoms with Crippen molar-refractivity contribution in [3.05, 3.63) is 54.2 Å². The number of nitrogens with one attached hydrogen (secondary N) is 1. The van der Waals surface area contributed by atoms with Gasteiger partial charge in [-0.05, 0) is 42.2 Å². The molecule has 3 rings (SSSR count). The minimum absolute atomic E-state index is 0.704. The molecular formula is C21H29N5S. The first-order chi connectivity index (χ1) is 13.2. The molecule has 1 aliphatic rings. The maximum Gasteiger partial charge on any atom is 0.193 e. The van der Waals surface area contributed by atoms with Gasteiger partial charge in [-0.2, -0.15) is 0 Å². The highest BCUT2D eigenvalue weighted by Gasteiger charge is 2.24. The predicted octanol–water partition coefficient (Wildman–Crippen LogP) is 3.34. The maximum atomic E-state index is 4.49. The van der Waals surface area contributed by atoms with Crippen molar-refractivity contribution < 1.29 is 0 Å². The van der Waals surface area contributed by atoms with Crippen molar-refractivity contribution in [2.75, 3.05) is 44.9 Å². The standard InChI is InChI=1S/C21H29N5S/c1-22-21(24-14-17-9-11-23-20(13-17)25(2)3)26-12-10-18(15-26)16-27-19-7-5-4-6-8-19/h4-9,11,13,18H,10,12,14-16H2,1-3H3,(H,22,24). The highest BCUT2D eigenvalue weighted by Crippen LogP contribution is 2.25. The van der Waals surface area contributed by atoms with Gasteiger partial charge in [0, 0.05) is 57.6 Å². The molecule has 1 unspecified atom stereocenters. The van der Waals surface area contributed by atoms with Gasteiger partial charge in [-0.25, -0.2) is 4.98 Å². The van der Waals surface area contributed by atoms with Crippen LogP contribution in [0, 0.1) is 5.92 Å². The van der Waals surface area contributed by atoms with Crippen molar-refractivity contribution in [2.45, 2.75) is 17.9 Å². The number of thioether (sulfide) groups is 1. The highest BCUT2D eigenvalue weighted by atomic mass is 32.2. The van der Waals surface area contributed by atoms with Crippen molar-refractivity contribution in [2.24, 2.45) is 10.9 Å². The molecule has 27 heavy (non-hydrogen) atoms. The number of hydrogen-bond donors (Lipinski definition) is 1. The molecule has 6 heteroatoms. The third kappa shape index (κ3) is 5.63. The summed E-state index contributed by atoms with van der Waals surface area (Å²) >= 11 is 1.95. The largest absolute Gasteiger partial charge is 0.363 e. The Morgan fingerprint density at radius 1 is 1.30 bits per heavy atom. The monoisotopic (exact) mass is 383 g/mol. The maximum absolute atomic E-state index is 4.49. The molecule has 1 fully saturated rings. The molecule has 2 heterocycles. The molecule has 0 saturated carbocycles. The second-order valence-corrected chi connectivity index (χ2v) is 8.14. The number of aliphatic imine (C=N–C) groups is 1. The van der Waals surface area contributed by atoms with E-state index in [1.807, 2.05) is 44.0 Å². The summed E-state index contributed by atoms with van der Waals surface area (Å²) in [5.41, 5.74) is 1.21. The zero-order chi connectivity index (χ0) is 19.1. The van der Waals surface area contributed by atoms with Crippen molar-refractivity contribution in [1.82, 2.24) is 15.2 Å². The lowest BCUT2D eigenvalue weighted by atomic mass is 10.2. The molecule has 0 aliphatic carbocycles. The van der Waals surface area contributed by atoms with Gasteiger partial charge in [0.2, 0.25) is 0 Å². The SMILES string of the molecule is CN=C(NCc1ccnc(N(C)C)c1)N1CCC(CSc2ccccc2)C1. The Hall–Kier alpha value is -2.21. The molecular weight excluding hydrogens is 354 g/mol. The molecule has 5 nitrogen and oxygen atoms in total. The van der Waals surface area contributed by atoms with Gasteiger partial charge >= 0.3 is 0 Å². The Morgan fingerprint density at radius 2 is 2.11 bits per heavy atom. The van der Waals surface area contributed by atoms with Gasteiger partial charge in [-0.3, -0.25) is 4.99 Å². The Balaban J connectivity index is 1.49. The van der Waals surface area contributed by atoms with Gasteiger partial charge in [0.1, 0.15) is 5.82 Å². The predicted molar refractivity (Wildman–Crippen MR) is 116 cm³/mol. The summed E-state index contributed by atoms with van der Waals surface area (Å²) in [6.07, 6.45) is 3.09. The second kappa shape index (κ2) is 9.65. The van der Waals surface area contributed by atoms with E-state index in [2.05, 4.69) is 62.7 Å². The molecule has 144 valence electrons. The molecule has 1 aromatic heterocycles. The van der Waals surface area contributed by atoms with E-state index in [0.29, 0.717) is 5.92 Å². The zero-order valence-corrected chi connectivity index (χ0v) is 17.2. The molecule has 1 atom stereocenters. The smallest absolute Gasteiger partial charge is 0.193 e. The summed E-state index contributed by atoms with van der Waals surface area (Å²) in [6, 6.07) is 14.8. The normalized spacial score (nSPS) is 17.2. The molecule has 1 aliphatic heterocycles. The summed E-state index contributed by atoms with van der Waals surface area (Å²) in [4.78, 5) is 14.6. The van der Waals surface area contributed by atoms with E-state index >= 15 is 0 Å². The van der Waals surface area contributed by atoms with E-state index in [4.69, 9.17) is 0 Å². The fourth-order valence-electron chi connectivity index (χ4n) is 3.22. The minimum atomic E-state index is 0.704. The van der Waals surface area contributed by atoms with E-state index in [9.17, 15) is 0 Å². The molecule has 0 bridgehead atoms. The molecule has 1 saturated heterocycles. The molecule has 1 aromatic carbocycles. The minimum Gasteiger partial charge on any atom is -0.363 e. The van der Waals surface area contributed by atoms with Crippen LogP contribution in [-0.4, -0.2) is 55.8 Å². The van der Waals surface area contributed by atoms with Crippen LogP contribution in [0.15, 0.2) is 58.5 Å². The van der Waals surface area contributed by atoms with Crippen LogP contribution in [0.3, 0.4) is 0 Å². The van der Waals surface area contributed by atoms with E-state index in [1.54, 1.807) is 0 Å². The number of guanidine groups is 1. The Bertz CT molecular complexity index is 747. The van der Waals surface area contributed by atoms with Crippen LogP contribution in [0.2, 0.25) is 0 Å². The first-order valence-electron chi connectivity index (χ1n) is 9.41. The fraction of sp³-hybridized carbons (Fsp3) is 0.429. The number of rotatable bonds is 6.